The summed E-state index contributed by atoms with van der Waals surface area (Å²) in [5.74, 6) is -0.961. The number of hydrogen-bond donors (Lipinski definition) is 1. The molecule has 0 atom stereocenters. The molecular formula is C14H16N2O3. The molecule has 0 unspecified atom stereocenters. The molecule has 100 valence electrons. The van der Waals surface area contributed by atoms with Crippen molar-refractivity contribution in [1.29, 1.82) is 0 Å². The first kappa shape index (κ1) is 12.0. The summed E-state index contributed by atoms with van der Waals surface area (Å²) in [4.78, 5) is 26.9. The molecule has 3 rings (SSSR count). The molecule has 2 aliphatic rings. The zero-order chi connectivity index (χ0) is 13.6. The Kier molecular flexibility index (Phi) is 2.69. The van der Waals surface area contributed by atoms with Crippen molar-refractivity contribution in [2.24, 2.45) is 0 Å². The molecule has 1 aliphatic carbocycles. The van der Waals surface area contributed by atoms with E-state index in [1.807, 2.05) is 13.1 Å². The lowest BCUT2D eigenvalue weighted by Crippen LogP contribution is -2.41. The Labute approximate surface area is 111 Å². The van der Waals surface area contributed by atoms with Gasteiger partial charge < -0.3 is 10.0 Å². The fourth-order valence-electron chi connectivity index (χ4n) is 2.52. The molecule has 0 aromatic heterocycles. The summed E-state index contributed by atoms with van der Waals surface area (Å²) in [6, 6.07) is 5.34. The topological polar surface area (TPSA) is 60.9 Å². The van der Waals surface area contributed by atoms with Gasteiger partial charge in [-0.05, 0) is 37.0 Å². The minimum absolute atomic E-state index is 0.0243. The lowest BCUT2D eigenvalue weighted by molar-refractivity contribution is 0.0697. The summed E-state index contributed by atoms with van der Waals surface area (Å²) in [6.07, 6.45) is 2.93. The minimum Gasteiger partial charge on any atom is -0.478 e. The number of amides is 2. The summed E-state index contributed by atoms with van der Waals surface area (Å²) in [7, 11) is 1.82. The molecule has 0 radical (unpaired) electrons. The highest BCUT2D eigenvalue weighted by Gasteiger charge is 2.34. The van der Waals surface area contributed by atoms with Crippen molar-refractivity contribution >= 4 is 17.7 Å². The highest BCUT2D eigenvalue weighted by atomic mass is 16.4. The number of rotatable bonds is 2. The van der Waals surface area contributed by atoms with Crippen molar-refractivity contribution in [3.05, 3.63) is 29.3 Å². The number of carboxylic acid groups (broad SMARTS) is 1. The van der Waals surface area contributed by atoms with Gasteiger partial charge in [0, 0.05) is 25.3 Å². The van der Waals surface area contributed by atoms with Crippen LogP contribution in [0.2, 0.25) is 0 Å². The molecule has 1 aliphatic heterocycles. The predicted molar refractivity (Wildman–Crippen MR) is 70.6 cm³/mol. The first-order valence-electron chi connectivity index (χ1n) is 6.48. The van der Waals surface area contributed by atoms with Gasteiger partial charge in [0.1, 0.15) is 0 Å². The van der Waals surface area contributed by atoms with Crippen LogP contribution in [-0.4, -0.2) is 41.6 Å². The van der Waals surface area contributed by atoms with E-state index in [1.165, 1.54) is 0 Å². The number of aromatic carboxylic acids is 1. The van der Waals surface area contributed by atoms with E-state index in [2.05, 4.69) is 0 Å². The second kappa shape index (κ2) is 4.26. The van der Waals surface area contributed by atoms with Crippen molar-refractivity contribution in [2.45, 2.75) is 25.3 Å². The van der Waals surface area contributed by atoms with Crippen LogP contribution in [0.3, 0.4) is 0 Å². The number of carbonyl (C=O) groups excluding carboxylic acids is 1. The van der Waals surface area contributed by atoms with E-state index in [-0.39, 0.29) is 11.6 Å². The normalized spacial score (nSPS) is 17.2. The molecule has 1 saturated carbocycles. The average Bonchev–Trinajstić information content (AvgIpc) is 3.16. The number of anilines is 1. The van der Waals surface area contributed by atoms with Gasteiger partial charge in [0.15, 0.2) is 0 Å². The van der Waals surface area contributed by atoms with Gasteiger partial charge >= 0.3 is 12.0 Å². The van der Waals surface area contributed by atoms with Crippen LogP contribution in [0, 0.1) is 0 Å². The van der Waals surface area contributed by atoms with Crippen molar-refractivity contribution in [3.63, 3.8) is 0 Å². The van der Waals surface area contributed by atoms with Gasteiger partial charge in [-0.25, -0.2) is 9.59 Å². The van der Waals surface area contributed by atoms with Crippen LogP contribution in [0.4, 0.5) is 10.5 Å². The first-order valence-corrected chi connectivity index (χ1v) is 6.48. The van der Waals surface area contributed by atoms with E-state index in [1.54, 1.807) is 21.9 Å². The largest absolute Gasteiger partial charge is 0.478 e. The fraction of sp³-hybridized carbons (Fsp3) is 0.429. The van der Waals surface area contributed by atoms with Crippen LogP contribution in [0.1, 0.15) is 28.8 Å². The number of hydrogen-bond acceptors (Lipinski definition) is 2. The van der Waals surface area contributed by atoms with Crippen molar-refractivity contribution in [2.75, 3.05) is 18.5 Å². The molecule has 1 aromatic carbocycles. The van der Waals surface area contributed by atoms with Gasteiger partial charge in [-0.3, -0.25) is 4.90 Å². The van der Waals surface area contributed by atoms with Gasteiger partial charge in [0.05, 0.1) is 5.56 Å². The maximum absolute atomic E-state index is 12.4. The van der Waals surface area contributed by atoms with Gasteiger partial charge in [-0.2, -0.15) is 0 Å². The van der Waals surface area contributed by atoms with Crippen LogP contribution in [0.5, 0.6) is 0 Å². The molecule has 1 heterocycles. The van der Waals surface area contributed by atoms with Crippen molar-refractivity contribution in [1.82, 2.24) is 4.90 Å². The standard InChI is InChI=1S/C14H16N2O3/c1-15(11-4-5-11)14(19)16-7-6-9-2-3-10(13(17)18)8-12(9)16/h2-3,8,11H,4-7H2,1H3,(H,17,18). The van der Waals surface area contributed by atoms with Crippen LogP contribution in [0.15, 0.2) is 18.2 Å². The van der Waals surface area contributed by atoms with Crippen LogP contribution in [-0.2, 0) is 6.42 Å². The van der Waals surface area contributed by atoms with E-state index >= 15 is 0 Å². The Morgan fingerprint density at radius 2 is 2.11 bits per heavy atom. The Morgan fingerprint density at radius 1 is 1.37 bits per heavy atom. The molecular weight excluding hydrogens is 244 g/mol. The quantitative estimate of drug-likeness (QED) is 0.884. The molecule has 1 N–H and O–H groups in total. The number of urea groups is 1. The van der Waals surface area contributed by atoms with Gasteiger partial charge in [-0.1, -0.05) is 6.07 Å². The molecule has 2 amide bonds. The molecule has 19 heavy (non-hydrogen) atoms. The van der Waals surface area contributed by atoms with Crippen molar-refractivity contribution in [3.8, 4) is 0 Å². The molecule has 0 bridgehead atoms. The van der Waals surface area contributed by atoms with E-state index in [0.29, 0.717) is 12.6 Å². The van der Waals surface area contributed by atoms with E-state index in [4.69, 9.17) is 5.11 Å². The molecule has 0 saturated heterocycles. The second-order valence-electron chi connectivity index (χ2n) is 5.17. The van der Waals surface area contributed by atoms with E-state index in [0.717, 1.165) is 30.5 Å². The Bertz CT molecular complexity index is 552. The van der Waals surface area contributed by atoms with E-state index in [9.17, 15) is 9.59 Å². The fourth-order valence-corrected chi connectivity index (χ4v) is 2.52. The number of carboxylic acids is 1. The number of benzene rings is 1. The zero-order valence-corrected chi connectivity index (χ0v) is 10.8. The third kappa shape index (κ3) is 2.05. The lowest BCUT2D eigenvalue weighted by atomic mass is 10.1. The third-order valence-electron chi connectivity index (χ3n) is 3.86. The summed E-state index contributed by atoms with van der Waals surface area (Å²) in [5, 5.41) is 9.03. The maximum atomic E-state index is 12.4. The Balaban J connectivity index is 1.89. The van der Waals surface area contributed by atoms with Gasteiger partial charge in [-0.15, -0.1) is 0 Å². The summed E-state index contributed by atoms with van der Waals surface area (Å²) in [5.41, 5.74) is 2.02. The molecule has 5 heteroatoms. The third-order valence-corrected chi connectivity index (χ3v) is 3.86. The molecule has 1 fully saturated rings. The van der Waals surface area contributed by atoms with Gasteiger partial charge in [0.25, 0.3) is 0 Å². The Hall–Kier alpha value is -2.04. The highest BCUT2D eigenvalue weighted by Crippen LogP contribution is 2.32. The zero-order valence-electron chi connectivity index (χ0n) is 10.8. The van der Waals surface area contributed by atoms with E-state index < -0.39 is 5.97 Å². The number of nitrogens with zero attached hydrogens (tertiary/aromatic N) is 2. The smallest absolute Gasteiger partial charge is 0.335 e. The highest BCUT2D eigenvalue weighted by molar-refractivity contribution is 5.97. The summed E-state index contributed by atoms with van der Waals surface area (Å²) in [6.45, 7) is 0.633. The maximum Gasteiger partial charge on any atom is 0.335 e. The summed E-state index contributed by atoms with van der Waals surface area (Å²) >= 11 is 0. The predicted octanol–water partition coefficient (Wildman–Crippen LogP) is 1.96. The lowest BCUT2D eigenvalue weighted by Gasteiger charge is -2.25. The first-order chi connectivity index (χ1) is 9.08. The summed E-state index contributed by atoms with van der Waals surface area (Å²) < 4.78 is 0. The molecule has 1 aromatic rings. The van der Waals surface area contributed by atoms with Crippen LogP contribution < -0.4 is 4.90 Å². The van der Waals surface area contributed by atoms with Crippen molar-refractivity contribution < 1.29 is 14.7 Å². The average molecular weight is 260 g/mol. The molecule has 5 nitrogen and oxygen atoms in total. The Morgan fingerprint density at radius 3 is 2.74 bits per heavy atom. The SMILES string of the molecule is CN(C(=O)N1CCc2ccc(C(=O)O)cc21)C1CC1. The number of fused-ring (bicyclic) bond motifs is 1. The molecule has 0 spiro atoms. The monoisotopic (exact) mass is 260 g/mol. The van der Waals surface area contributed by atoms with Crippen LogP contribution >= 0.6 is 0 Å². The number of carbonyl (C=O) groups is 2. The minimum atomic E-state index is -0.961. The second-order valence-corrected chi connectivity index (χ2v) is 5.17. The van der Waals surface area contributed by atoms with Crippen LogP contribution in [0.25, 0.3) is 0 Å². The van der Waals surface area contributed by atoms with Gasteiger partial charge in [0.2, 0.25) is 0 Å².